The van der Waals surface area contributed by atoms with Gasteiger partial charge in [-0.3, -0.25) is 9.59 Å². The normalized spacial score (nSPS) is 12.6. The molecule has 0 saturated carbocycles. The van der Waals surface area contributed by atoms with Crippen molar-refractivity contribution in [2.24, 2.45) is 0 Å². The van der Waals surface area contributed by atoms with Gasteiger partial charge in [-0.05, 0) is 30.3 Å². The summed E-state index contributed by atoms with van der Waals surface area (Å²) in [6.07, 6.45) is 0. The van der Waals surface area contributed by atoms with E-state index in [4.69, 9.17) is 13.5 Å². The SMILES string of the molecule is COC(=O)CNP(=O)(Oc1ccccc1)Oc1cc(O)c2c(=O)cc(-c3ccc(O)c(O)c3)oc2c1. The van der Waals surface area contributed by atoms with Crippen molar-refractivity contribution in [3.8, 4) is 40.1 Å². The van der Waals surface area contributed by atoms with Crippen LogP contribution in [0.4, 0.5) is 0 Å². The number of carbonyl (C=O) groups excluding carboxylic acids is 1. The largest absolute Gasteiger partial charge is 0.513 e. The molecule has 0 aliphatic heterocycles. The van der Waals surface area contributed by atoms with E-state index in [2.05, 4.69) is 9.82 Å². The van der Waals surface area contributed by atoms with E-state index in [9.17, 15) is 29.5 Å². The van der Waals surface area contributed by atoms with Crippen molar-refractivity contribution < 1.29 is 42.9 Å². The molecule has 1 aromatic heterocycles. The number of benzene rings is 3. The minimum atomic E-state index is -4.26. The number of ether oxygens (including phenoxy) is 1. The highest BCUT2D eigenvalue weighted by molar-refractivity contribution is 7.52. The summed E-state index contributed by atoms with van der Waals surface area (Å²) in [5.74, 6) is -2.04. The number of para-hydroxylation sites is 1. The van der Waals surface area contributed by atoms with Crippen LogP contribution in [0, 0.1) is 0 Å². The van der Waals surface area contributed by atoms with Gasteiger partial charge < -0.3 is 33.5 Å². The third-order valence-corrected chi connectivity index (χ3v) is 6.33. The molecule has 1 heterocycles. The van der Waals surface area contributed by atoms with Crippen LogP contribution < -0.4 is 19.6 Å². The zero-order chi connectivity index (χ0) is 25.9. The zero-order valence-electron chi connectivity index (χ0n) is 18.7. The highest BCUT2D eigenvalue weighted by Gasteiger charge is 2.30. The third kappa shape index (κ3) is 5.43. The number of carbonyl (C=O) groups is 1. The summed E-state index contributed by atoms with van der Waals surface area (Å²) in [7, 11) is -3.11. The van der Waals surface area contributed by atoms with E-state index in [-0.39, 0.29) is 39.5 Å². The second-order valence-electron chi connectivity index (χ2n) is 7.40. The van der Waals surface area contributed by atoms with E-state index in [0.717, 1.165) is 19.2 Å². The van der Waals surface area contributed by atoms with Crippen LogP contribution in [0.3, 0.4) is 0 Å². The van der Waals surface area contributed by atoms with Crippen molar-refractivity contribution in [2.75, 3.05) is 13.7 Å². The number of phenolic OH excluding ortho intramolecular Hbond substituents is 3. The van der Waals surface area contributed by atoms with Crippen LogP contribution >= 0.6 is 7.75 Å². The van der Waals surface area contributed by atoms with Gasteiger partial charge in [0.1, 0.15) is 40.5 Å². The molecule has 0 aliphatic rings. The molecule has 0 radical (unpaired) electrons. The standard InChI is InChI=1S/C24H20NO10P/c1-32-23(30)13-25-36(31,34-15-5-3-2-4-6-15)35-16-10-19(28)24-20(29)12-21(33-22(24)11-16)14-7-8-17(26)18(27)9-14/h2-12,26-28H,13H2,1H3,(H,25,31). The molecule has 3 aromatic carbocycles. The van der Waals surface area contributed by atoms with E-state index in [1.165, 1.54) is 36.4 Å². The summed E-state index contributed by atoms with van der Waals surface area (Å²) in [5, 5.41) is 32.0. The molecule has 0 fully saturated rings. The maximum atomic E-state index is 13.5. The van der Waals surface area contributed by atoms with Gasteiger partial charge in [0.05, 0.1) is 7.11 Å². The van der Waals surface area contributed by atoms with Crippen LogP contribution in [-0.2, 0) is 14.1 Å². The molecule has 12 heteroatoms. The van der Waals surface area contributed by atoms with Crippen molar-refractivity contribution in [1.29, 1.82) is 0 Å². The lowest BCUT2D eigenvalue weighted by atomic mass is 10.1. The van der Waals surface area contributed by atoms with Crippen LogP contribution in [0.2, 0.25) is 0 Å². The second-order valence-corrected chi connectivity index (χ2v) is 9.07. The van der Waals surface area contributed by atoms with E-state index in [1.807, 2.05) is 0 Å². The molecule has 0 saturated heterocycles. The smallest absolute Gasteiger partial charge is 0.507 e. The first-order valence-electron chi connectivity index (χ1n) is 10.4. The van der Waals surface area contributed by atoms with Crippen LogP contribution in [0.1, 0.15) is 0 Å². The average Bonchev–Trinajstić information content (AvgIpc) is 2.84. The molecule has 0 aliphatic carbocycles. The molecule has 4 rings (SSSR count). The fraction of sp³-hybridized carbons (Fsp3) is 0.0833. The molecule has 0 bridgehead atoms. The quantitative estimate of drug-likeness (QED) is 0.153. The molecule has 186 valence electrons. The molecule has 0 amide bonds. The first kappa shape index (κ1) is 24.6. The summed E-state index contributed by atoms with van der Waals surface area (Å²) in [4.78, 5) is 24.3. The molecule has 1 unspecified atom stereocenters. The maximum Gasteiger partial charge on any atom is 0.513 e. The molecule has 4 N–H and O–H groups in total. The zero-order valence-corrected chi connectivity index (χ0v) is 19.6. The summed E-state index contributed by atoms with van der Waals surface area (Å²) >= 11 is 0. The highest BCUT2D eigenvalue weighted by atomic mass is 31.2. The Morgan fingerprint density at radius 3 is 2.33 bits per heavy atom. The number of hydrogen-bond acceptors (Lipinski definition) is 10. The van der Waals surface area contributed by atoms with Gasteiger partial charge in [0, 0.05) is 23.8 Å². The van der Waals surface area contributed by atoms with Gasteiger partial charge in [-0.2, -0.15) is 5.09 Å². The number of nitrogens with one attached hydrogen (secondary N) is 1. The van der Waals surface area contributed by atoms with Gasteiger partial charge >= 0.3 is 13.7 Å². The summed E-state index contributed by atoms with van der Waals surface area (Å²) in [6.45, 7) is -0.510. The second kappa shape index (κ2) is 10.0. The Morgan fingerprint density at radius 2 is 1.64 bits per heavy atom. The molecule has 4 aromatic rings. The Bertz CT molecular complexity index is 1530. The Balaban J connectivity index is 1.74. The van der Waals surface area contributed by atoms with Gasteiger partial charge in [0.25, 0.3) is 0 Å². The van der Waals surface area contributed by atoms with E-state index in [1.54, 1.807) is 18.2 Å². The van der Waals surface area contributed by atoms with Gasteiger partial charge in [0.15, 0.2) is 16.9 Å². The van der Waals surface area contributed by atoms with Crippen molar-refractivity contribution in [3.05, 3.63) is 77.0 Å². The minimum absolute atomic E-state index is 0.0203. The fourth-order valence-electron chi connectivity index (χ4n) is 3.19. The number of esters is 1. The van der Waals surface area contributed by atoms with Gasteiger partial charge in [0.2, 0.25) is 0 Å². The number of aromatic hydroxyl groups is 3. The molecular formula is C24H20NO10P. The Kier molecular flexibility index (Phi) is 6.86. The number of hydrogen-bond donors (Lipinski definition) is 4. The monoisotopic (exact) mass is 513 g/mol. The highest BCUT2D eigenvalue weighted by Crippen LogP contribution is 2.46. The van der Waals surface area contributed by atoms with E-state index < -0.39 is 37.2 Å². The Morgan fingerprint density at radius 1 is 0.917 bits per heavy atom. The first-order valence-corrected chi connectivity index (χ1v) is 11.9. The third-order valence-electron chi connectivity index (χ3n) is 4.88. The average molecular weight is 513 g/mol. The summed E-state index contributed by atoms with van der Waals surface area (Å²) in [6, 6.07) is 15.2. The van der Waals surface area contributed by atoms with Gasteiger partial charge in [-0.25, -0.2) is 4.57 Å². The maximum absolute atomic E-state index is 13.5. The van der Waals surface area contributed by atoms with Crippen LogP contribution in [0.5, 0.6) is 28.7 Å². The van der Waals surface area contributed by atoms with Crippen molar-refractivity contribution in [2.45, 2.75) is 0 Å². The molecule has 36 heavy (non-hydrogen) atoms. The number of rotatable bonds is 8. The summed E-state index contributed by atoms with van der Waals surface area (Å²) in [5.41, 5.74) is -0.456. The van der Waals surface area contributed by atoms with Gasteiger partial charge in [-0.1, -0.05) is 18.2 Å². The lowest BCUT2D eigenvalue weighted by Crippen LogP contribution is -2.26. The van der Waals surface area contributed by atoms with Crippen molar-refractivity contribution in [3.63, 3.8) is 0 Å². The lowest BCUT2D eigenvalue weighted by Gasteiger charge is -2.20. The Hall–Kier alpha value is -4.47. The topological polar surface area (TPSA) is 165 Å². The van der Waals surface area contributed by atoms with Crippen molar-refractivity contribution >= 4 is 24.7 Å². The predicted molar refractivity (Wildman–Crippen MR) is 128 cm³/mol. The van der Waals surface area contributed by atoms with Crippen LogP contribution in [0.15, 0.2) is 75.9 Å². The van der Waals surface area contributed by atoms with Gasteiger partial charge in [-0.15, -0.1) is 0 Å². The van der Waals surface area contributed by atoms with E-state index >= 15 is 0 Å². The number of methoxy groups -OCH3 is 1. The fourth-order valence-corrected chi connectivity index (χ4v) is 4.46. The Labute approximate surface area is 203 Å². The van der Waals surface area contributed by atoms with Crippen LogP contribution in [0.25, 0.3) is 22.3 Å². The minimum Gasteiger partial charge on any atom is -0.507 e. The molecule has 0 spiro atoms. The summed E-state index contributed by atoms with van der Waals surface area (Å²) < 4.78 is 34.8. The predicted octanol–water partition coefficient (Wildman–Crippen LogP) is 3.91. The van der Waals surface area contributed by atoms with Crippen LogP contribution in [-0.4, -0.2) is 34.9 Å². The first-order chi connectivity index (χ1) is 17.2. The number of phenols is 3. The molecule has 11 nitrogen and oxygen atoms in total. The molecule has 1 atom stereocenters. The van der Waals surface area contributed by atoms with Crippen molar-refractivity contribution in [1.82, 2.24) is 5.09 Å². The van der Waals surface area contributed by atoms with E-state index in [0.29, 0.717) is 0 Å². The lowest BCUT2D eigenvalue weighted by molar-refractivity contribution is -0.139. The molecular weight excluding hydrogens is 493 g/mol. The number of fused-ring (bicyclic) bond motifs is 1.